The van der Waals surface area contributed by atoms with Crippen molar-refractivity contribution in [2.24, 2.45) is 0 Å². The fourth-order valence-corrected chi connectivity index (χ4v) is 4.68. The highest BCUT2D eigenvalue weighted by molar-refractivity contribution is 7.80. The van der Waals surface area contributed by atoms with Crippen LogP contribution in [-0.4, -0.2) is 17.1 Å². The van der Waals surface area contributed by atoms with Gasteiger partial charge in [-0.25, -0.2) is 0 Å². The first-order valence-corrected chi connectivity index (χ1v) is 9.49. The molecule has 6 heteroatoms. The normalized spacial score (nSPS) is 18.4. The minimum absolute atomic E-state index is 0.0767. The Labute approximate surface area is 141 Å². The van der Waals surface area contributed by atoms with Gasteiger partial charge in [0.1, 0.15) is 0 Å². The summed E-state index contributed by atoms with van der Waals surface area (Å²) in [6.07, 6.45) is 10.7. The first kappa shape index (κ1) is 15.7. The number of nitrogens with one attached hydrogen (secondary N) is 3. The summed E-state index contributed by atoms with van der Waals surface area (Å²) < 4.78 is 0. The topological polar surface area (TPSA) is 53.2 Å². The van der Waals surface area contributed by atoms with Crippen molar-refractivity contribution in [3.8, 4) is 0 Å². The highest BCUT2D eigenvalue weighted by Gasteiger charge is 2.20. The van der Waals surface area contributed by atoms with Crippen molar-refractivity contribution < 1.29 is 4.79 Å². The molecule has 0 radical (unpaired) electrons. The lowest BCUT2D eigenvalue weighted by molar-refractivity contribution is 0.0943. The molecule has 1 fully saturated rings. The molecule has 0 atom stereocenters. The molecule has 0 unspecified atom stereocenters. The molecule has 4 nitrogen and oxygen atoms in total. The van der Waals surface area contributed by atoms with Crippen molar-refractivity contribution in [2.75, 3.05) is 0 Å². The molecule has 1 saturated carbocycles. The Morgan fingerprint density at radius 3 is 2.68 bits per heavy atom. The van der Waals surface area contributed by atoms with Crippen LogP contribution in [-0.2, 0) is 12.8 Å². The Morgan fingerprint density at radius 1 is 1.09 bits per heavy atom. The molecule has 1 heterocycles. The second-order valence-corrected chi connectivity index (χ2v) is 7.52. The minimum Gasteiger partial charge on any atom is -0.359 e. The fourth-order valence-electron chi connectivity index (χ4n) is 3.33. The van der Waals surface area contributed by atoms with E-state index in [2.05, 4.69) is 16.2 Å². The summed E-state index contributed by atoms with van der Waals surface area (Å²) in [6, 6.07) is 0.444. The quantitative estimate of drug-likeness (QED) is 0.573. The largest absolute Gasteiger partial charge is 0.359 e. The first-order valence-electron chi connectivity index (χ1n) is 8.20. The van der Waals surface area contributed by atoms with Gasteiger partial charge in [-0.2, -0.15) is 0 Å². The standard InChI is InChI=1S/C16H23N3OS2/c20-15(13-10-22-14-9-5-4-8-12(13)14)18-19-16(21)17-11-6-2-1-3-7-11/h10-11H,1-9H2,(H,18,20)(H2,17,19,21). The van der Waals surface area contributed by atoms with Gasteiger partial charge in [0.15, 0.2) is 5.11 Å². The van der Waals surface area contributed by atoms with Crippen LogP contribution in [0.15, 0.2) is 5.38 Å². The fraction of sp³-hybridized carbons (Fsp3) is 0.625. The van der Waals surface area contributed by atoms with E-state index in [0.717, 1.165) is 31.2 Å². The number of thiophene rings is 1. The van der Waals surface area contributed by atoms with Crippen LogP contribution < -0.4 is 16.2 Å². The SMILES string of the molecule is O=C(NNC(=S)NC1CCCCC1)c1csc2c1CCCC2. The van der Waals surface area contributed by atoms with Crippen LogP contribution in [0.5, 0.6) is 0 Å². The van der Waals surface area contributed by atoms with Crippen LogP contribution in [0.25, 0.3) is 0 Å². The molecule has 0 aliphatic heterocycles. The van der Waals surface area contributed by atoms with Gasteiger partial charge in [0.05, 0.1) is 5.56 Å². The summed E-state index contributed by atoms with van der Waals surface area (Å²) in [5, 5.41) is 5.78. The maximum absolute atomic E-state index is 12.3. The van der Waals surface area contributed by atoms with Crippen LogP contribution in [0.3, 0.4) is 0 Å². The van der Waals surface area contributed by atoms with Gasteiger partial charge in [0, 0.05) is 16.3 Å². The summed E-state index contributed by atoms with van der Waals surface area (Å²) in [7, 11) is 0. The first-order chi connectivity index (χ1) is 10.7. The van der Waals surface area contributed by atoms with E-state index in [1.807, 2.05) is 5.38 Å². The third-order valence-corrected chi connectivity index (χ3v) is 5.84. The second kappa shape index (κ2) is 7.42. The number of hydrogen-bond donors (Lipinski definition) is 3. The van der Waals surface area contributed by atoms with Crippen LogP contribution >= 0.6 is 23.6 Å². The Balaban J connectivity index is 1.49. The van der Waals surface area contributed by atoms with E-state index in [-0.39, 0.29) is 5.91 Å². The van der Waals surface area contributed by atoms with Crippen LogP contribution in [0, 0.1) is 0 Å². The van der Waals surface area contributed by atoms with E-state index in [9.17, 15) is 4.79 Å². The van der Waals surface area contributed by atoms with E-state index in [1.165, 1.54) is 42.5 Å². The third-order valence-electron chi connectivity index (χ3n) is 4.54. The van der Waals surface area contributed by atoms with Gasteiger partial charge in [0.25, 0.3) is 5.91 Å². The summed E-state index contributed by atoms with van der Waals surface area (Å²) >= 11 is 6.98. The van der Waals surface area contributed by atoms with Crippen LogP contribution in [0.1, 0.15) is 65.7 Å². The average molecular weight is 338 g/mol. The van der Waals surface area contributed by atoms with Gasteiger partial charge in [0.2, 0.25) is 0 Å². The molecule has 1 amide bonds. The van der Waals surface area contributed by atoms with Crippen LogP contribution in [0.2, 0.25) is 0 Å². The minimum atomic E-state index is -0.0767. The predicted molar refractivity (Wildman–Crippen MR) is 94.2 cm³/mol. The van der Waals surface area contributed by atoms with E-state index in [0.29, 0.717) is 11.2 Å². The number of carbonyl (C=O) groups is 1. The van der Waals surface area contributed by atoms with Gasteiger partial charge in [-0.15, -0.1) is 11.3 Å². The number of rotatable bonds is 2. The van der Waals surface area contributed by atoms with Gasteiger partial charge in [-0.3, -0.25) is 15.6 Å². The molecule has 3 N–H and O–H groups in total. The van der Waals surface area contributed by atoms with Crippen molar-refractivity contribution in [2.45, 2.75) is 63.8 Å². The molecule has 0 spiro atoms. The molecule has 0 aromatic carbocycles. The van der Waals surface area contributed by atoms with Crippen molar-refractivity contribution >= 4 is 34.6 Å². The molecule has 1 aromatic rings. The average Bonchev–Trinajstić information content (AvgIpc) is 2.98. The van der Waals surface area contributed by atoms with Crippen LogP contribution in [0.4, 0.5) is 0 Å². The number of thiocarbonyl (C=S) groups is 1. The Hall–Kier alpha value is -1.14. The maximum atomic E-state index is 12.3. The smallest absolute Gasteiger partial charge is 0.270 e. The lowest BCUT2D eigenvalue weighted by Crippen LogP contribution is -2.50. The van der Waals surface area contributed by atoms with E-state index >= 15 is 0 Å². The summed E-state index contributed by atoms with van der Waals surface area (Å²) in [5.41, 5.74) is 7.64. The zero-order valence-electron chi connectivity index (χ0n) is 12.7. The Morgan fingerprint density at radius 2 is 1.86 bits per heavy atom. The second-order valence-electron chi connectivity index (χ2n) is 6.15. The van der Waals surface area contributed by atoms with E-state index < -0.39 is 0 Å². The maximum Gasteiger partial charge on any atom is 0.270 e. The zero-order valence-corrected chi connectivity index (χ0v) is 14.4. The molecular weight excluding hydrogens is 314 g/mol. The lowest BCUT2D eigenvalue weighted by atomic mass is 9.96. The molecule has 1 aromatic heterocycles. The lowest BCUT2D eigenvalue weighted by Gasteiger charge is -2.24. The zero-order chi connectivity index (χ0) is 15.4. The van der Waals surface area contributed by atoms with E-state index in [1.54, 1.807) is 11.3 Å². The third kappa shape index (κ3) is 3.79. The summed E-state index contributed by atoms with van der Waals surface area (Å²) in [6.45, 7) is 0. The van der Waals surface area contributed by atoms with Gasteiger partial charge in [-0.05, 0) is 56.3 Å². The number of carbonyl (C=O) groups excluding carboxylic acids is 1. The molecule has 0 bridgehead atoms. The molecule has 2 aliphatic carbocycles. The molecule has 3 rings (SSSR count). The van der Waals surface area contributed by atoms with Crippen molar-refractivity contribution in [1.82, 2.24) is 16.2 Å². The van der Waals surface area contributed by atoms with Gasteiger partial charge in [-0.1, -0.05) is 19.3 Å². The summed E-state index contributed by atoms with van der Waals surface area (Å²) in [5.74, 6) is -0.0767. The van der Waals surface area contributed by atoms with Crippen molar-refractivity contribution in [3.05, 3.63) is 21.4 Å². The molecule has 2 aliphatic rings. The number of amides is 1. The molecule has 120 valence electrons. The molecular formula is C16H23N3OS2. The van der Waals surface area contributed by atoms with Gasteiger partial charge >= 0.3 is 0 Å². The Kier molecular flexibility index (Phi) is 5.31. The molecule has 22 heavy (non-hydrogen) atoms. The highest BCUT2D eigenvalue weighted by Crippen LogP contribution is 2.29. The van der Waals surface area contributed by atoms with Crippen molar-refractivity contribution in [3.63, 3.8) is 0 Å². The number of fused-ring (bicyclic) bond motifs is 1. The summed E-state index contributed by atoms with van der Waals surface area (Å²) in [4.78, 5) is 13.7. The molecule has 0 saturated heterocycles. The van der Waals surface area contributed by atoms with Gasteiger partial charge < -0.3 is 5.32 Å². The number of aryl methyl sites for hydroxylation is 1. The highest BCUT2D eigenvalue weighted by atomic mass is 32.1. The predicted octanol–water partition coefficient (Wildman–Crippen LogP) is 3.07. The van der Waals surface area contributed by atoms with E-state index in [4.69, 9.17) is 12.2 Å². The number of hydrogen-bond acceptors (Lipinski definition) is 3. The van der Waals surface area contributed by atoms with Crippen molar-refractivity contribution in [1.29, 1.82) is 0 Å². The monoisotopic (exact) mass is 337 g/mol. The number of hydrazine groups is 1. The Bertz CT molecular complexity index is 550.